The molecule has 1 aliphatic carbocycles. The molecule has 2 unspecified atom stereocenters. The van der Waals surface area contributed by atoms with Gasteiger partial charge in [0.05, 0.1) is 0 Å². The number of rotatable bonds is 3. The zero-order valence-electron chi connectivity index (χ0n) is 10.8. The summed E-state index contributed by atoms with van der Waals surface area (Å²) in [6, 6.07) is 5.02. The molecular formula is C14H20N2O2. The van der Waals surface area contributed by atoms with Gasteiger partial charge in [-0.3, -0.25) is 0 Å². The highest BCUT2D eigenvalue weighted by atomic mass is 16.5. The monoisotopic (exact) mass is 248 g/mol. The molecule has 1 fully saturated rings. The van der Waals surface area contributed by atoms with Crippen LogP contribution in [0, 0.1) is 5.92 Å². The zero-order chi connectivity index (χ0) is 13.0. The maximum atomic E-state index is 12.0. The molecule has 2 atom stereocenters. The van der Waals surface area contributed by atoms with Gasteiger partial charge in [0.1, 0.15) is 11.9 Å². The van der Waals surface area contributed by atoms with Crippen molar-refractivity contribution in [1.82, 2.24) is 4.98 Å². The first-order valence-electron chi connectivity index (χ1n) is 6.64. The quantitative estimate of drug-likeness (QED) is 0.835. The highest BCUT2D eigenvalue weighted by molar-refractivity contribution is 5.87. The van der Waals surface area contributed by atoms with E-state index in [2.05, 4.69) is 11.9 Å². The minimum atomic E-state index is -0.354. The number of carbonyl (C=O) groups is 1. The van der Waals surface area contributed by atoms with Gasteiger partial charge in [-0.25, -0.2) is 9.78 Å². The van der Waals surface area contributed by atoms with Crippen LogP contribution in [0.15, 0.2) is 18.2 Å². The number of carbonyl (C=O) groups excluding carboxylic acids is 1. The number of anilines is 1. The molecule has 2 N–H and O–H groups in total. The molecule has 1 saturated carbocycles. The number of esters is 1. The summed E-state index contributed by atoms with van der Waals surface area (Å²) >= 11 is 0. The number of ether oxygens (including phenoxy) is 1. The Bertz CT molecular complexity index is 420. The lowest BCUT2D eigenvalue weighted by Gasteiger charge is -2.30. The molecule has 4 nitrogen and oxygen atoms in total. The van der Waals surface area contributed by atoms with Gasteiger partial charge in [-0.05, 0) is 43.7 Å². The molecule has 0 aromatic carbocycles. The topological polar surface area (TPSA) is 65.2 Å². The SMILES string of the molecule is CCC1CCCCC1OC(=O)c1cccc(N)n1. The van der Waals surface area contributed by atoms with E-state index in [1.165, 1.54) is 6.42 Å². The Morgan fingerprint density at radius 1 is 1.44 bits per heavy atom. The highest BCUT2D eigenvalue weighted by Crippen LogP contribution is 2.29. The van der Waals surface area contributed by atoms with Crippen LogP contribution in [0.25, 0.3) is 0 Å². The summed E-state index contributed by atoms with van der Waals surface area (Å²) < 4.78 is 5.58. The van der Waals surface area contributed by atoms with Gasteiger partial charge in [-0.15, -0.1) is 0 Å². The first-order chi connectivity index (χ1) is 8.70. The Morgan fingerprint density at radius 3 is 2.94 bits per heavy atom. The summed E-state index contributed by atoms with van der Waals surface area (Å²) in [7, 11) is 0. The molecule has 98 valence electrons. The van der Waals surface area contributed by atoms with Gasteiger partial charge < -0.3 is 10.5 Å². The summed E-state index contributed by atoms with van der Waals surface area (Å²) in [5.74, 6) is 0.483. The number of hydrogen-bond donors (Lipinski definition) is 1. The molecule has 0 radical (unpaired) electrons. The van der Waals surface area contributed by atoms with Crippen LogP contribution in [-0.4, -0.2) is 17.1 Å². The van der Waals surface area contributed by atoms with Crippen molar-refractivity contribution < 1.29 is 9.53 Å². The van der Waals surface area contributed by atoms with Crippen molar-refractivity contribution in [3.05, 3.63) is 23.9 Å². The molecule has 0 amide bonds. The first kappa shape index (κ1) is 12.9. The number of hydrogen-bond acceptors (Lipinski definition) is 4. The lowest BCUT2D eigenvalue weighted by molar-refractivity contribution is 0.000133. The Hall–Kier alpha value is -1.58. The van der Waals surface area contributed by atoms with Crippen molar-refractivity contribution >= 4 is 11.8 Å². The van der Waals surface area contributed by atoms with E-state index in [1.807, 2.05) is 0 Å². The van der Waals surface area contributed by atoms with Crippen molar-refractivity contribution in [2.75, 3.05) is 5.73 Å². The minimum absolute atomic E-state index is 0.0412. The molecule has 4 heteroatoms. The third-order valence-corrected chi connectivity index (χ3v) is 3.60. The first-order valence-corrected chi connectivity index (χ1v) is 6.64. The third kappa shape index (κ3) is 3.00. The fourth-order valence-electron chi connectivity index (χ4n) is 2.56. The van der Waals surface area contributed by atoms with Crippen LogP contribution in [0.1, 0.15) is 49.5 Å². The number of nitrogen functional groups attached to an aromatic ring is 1. The van der Waals surface area contributed by atoms with Crippen molar-refractivity contribution in [3.63, 3.8) is 0 Å². The average molecular weight is 248 g/mol. The molecule has 1 aromatic heterocycles. The van der Waals surface area contributed by atoms with Crippen molar-refractivity contribution in [3.8, 4) is 0 Å². The molecule has 2 rings (SSSR count). The van der Waals surface area contributed by atoms with E-state index in [9.17, 15) is 4.79 Å². The molecular weight excluding hydrogens is 228 g/mol. The smallest absolute Gasteiger partial charge is 0.357 e. The fraction of sp³-hybridized carbons (Fsp3) is 0.571. The third-order valence-electron chi connectivity index (χ3n) is 3.60. The Balaban J connectivity index is 2.02. The average Bonchev–Trinajstić information content (AvgIpc) is 2.39. The molecule has 18 heavy (non-hydrogen) atoms. The predicted octanol–water partition coefficient (Wildman–Crippen LogP) is 2.79. The van der Waals surface area contributed by atoms with E-state index in [1.54, 1.807) is 18.2 Å². The lowest BCUT2D eigenvalue weighted by Crippen LogP contribution is -2.30. The molecule has 0 saturated heterocycles. The number of pyridine rings is 1. The number of nitrogens with zero attached hydrogens (tertiary/aromatic N) is 1. The molecule has 1 aromatic rings. The minimum Gasteiger partial charge on any atom is -0.457 e. The van der Waals surface area contributed by atoms with Gasteiger partial charge in [-0.1, -0.05) is 19.4 Å². The second kappa shape index (κ2) is 5.85. The summed E-state index contributed by atoms with van der Waals surface area (Å²) in [6.45, 7) is 2.15. The summed E-state index contributed by atoms with van der Waals surface area (Å²) in [5, 5.41) is 0. The standard InChI is InChI=1S/C14H20N2O2/c1-2-10-6-3-4-8-12(10)18-14(17)11-7-5-9-13(15)16-11/h5,7,9-10,12H,2-4,6,8H2,1H3,(H2,15,16). The molecule has 0 spiro atoms. The molecule has 0 aliphatic heterocycles. The molecule has 1 heterocycles. The van der Waals surface area contributed by atoms with Crippen LogP contribution >= 0.6 is 0 Å². The second-order valence-electron chi connectivity index (χ2n) is 4.84. The summed E-state index contributed by atoms with van der Waals surface area (Å²) in [4.78, 5) is 16.0. The Labute approximate surface area is 108 Å². The van der Waals surface area contributed by atoms with Crippen LogP contribution in [0.3, 0.4) is 0 Å². The van der Waals surface area contributed by atoms with Crippen molar-refractivity contribution in [2.45, 2.75) is 45.1 Å². The summed E-state index contributed by atoms with van der Waals surface area (Å²) in [6.07, 6.45) is 5.59. The van der Waals surface area contributed by atoms with E-state index in [0.717, 1.165) is 25.7 Å². The van der Waals surface area contributed by atoms with Gasteiger partial charge in [0.15, 0.2) is 5.69 Å². The van der Waals surface area contributed by atoms with Crippen LogP contribution in [-0.2, 0) is 4.74 Å². The molecule has 1 aliphatic rings. The maximum absolute atomic E-state index is 12.0. The van der Waals surface area contributed by atoms with Gasteiger partial charge in [-0.2, -0.15) is 0 Å². The van der Waals surface area contributed by atoms with Crippen LogP contribution in [0.2, 0.25) is 0 Å². The van der Waals surface area contributed by atoms with E-state index < -0.39 is 0 Å². The van der Waals surface area contributed by atoms with E-state index in [4.69, 9.17) is 10.5 Å². The zero-order valence-corrected chi connectivity index (χ0v) is 10.8. The highest BCUT2D eigenvalue weighted by Gasteiger charge is 2.27. The van der Waals surface area contributed by atoms with Crippen LogP contribution < -0.4 is 5.73 Å². The second-order valence-corrected chi connectivity index (χ2v) is 4.84. The van der Waals surface area contributed by atoms with Gasteiger partial charge in [0.25, 0.3) is 0 Å². The number of nitrogens with two attached hydrogens (primary N) is 1. The van der Waals surface area contributed by atoms with Crippen LogP contribution in [0.5, 0.6) is 0 Å². The van der Waals surface area contributed by atoms with Gasteiger partial charge >= 0.3 is 5.97 Å². The van der Waals surface area contributed by atoms with E-state index in [-0.39, 0.29) is 12.1 Å². The summed E-state index contributed by atoms with van der Waals surface area (Å²) in [5.41, 5.74) is 5.87. The van der Waals surface area contributed by atoms with Gasteiger partial charge in [0.2, 0.25) is 0 Å². The lowest BCUT2D eigenvalue weighted by atomic mass is 9.85. The Kier molecular flexibility index (Phi) is 4.18. The number of aromatic nitrogens is 1. The Morgan fingerprint density at radius 2 is 2.22 bits per heavy atom. The fourth-order valence-corrected chi connectivity index (χ4v) is 2.56. The van der Waals surface area contributed by atoms with E-state index >= 15 is 0 Å². The maximum Gasteiger partial charge on any atom is 0.357 e. The van der Waals surface area contributed by atoms with Crippen LogP contribution in [0.4, 0.5) is 5.82 Å². The van der Waals surface area contributed by atoms with Gasteiger partial charge in [0, 0.05) is 0 Å². The van der Waals surface area contributed by atoms with E-state index in [0.29, 0.717) is 17.4 Å². The van der Waals surface area contributed by atoms with Crippen molar-refractivity contribution in [1.29, 1.82) is 0 Å². The van der Waals surface area contributed by atoms with Crippen molar-refractivity contribution in [2.24, 2.45) is 5.92 Å². The largest absolute Gasteiger partial charge is 0.457 e. The predicted molar refractivity (Wildman–Crippen MR) is 70.1 cm³/mol. The molecule has 0 bridgehead atoms. The normalized spacial score (nSPS) is 23.6.